The number of fused-ring (bicyclic) bond motifs is 1. The highest BCUT2D eigenvalue weighted by atomic mass is 79.9. The Morgan fingerprint density at radius 1 is 1.27 bits per heavy atom. The summed E-state index contributed by atoms with van der Waals surface area (Å²) in [5, 5.41) is 7.76. The molecule has 1 fully saturated rings. The molecule has 1 aromatic carbocycles. The standard InChI is InChI=1S/C18H15BrClF3N6O/c19-13-6-15-26-12(18(21,22)23)5-14(29(15)27-13)25-7-17(8-28(9-17)16(24)30)10-1-3-11(20)4-2-10/h1-6,25H,7-9H2,(H2,24,30). The predicted octanol–water partition coefficient (Wildman–Crippen LogP) is 3.91. The van der Waals surface area contributed by atoms with Crippen LogP contribution in [0.5, 0.6) is 0 Å². The maximum Gasteiger partial charge on any atom is 0.433 e. The summed E-state index contributed by atoms with van der Waals surface area (Å²) in [6, 6.07) is 8.86. The van der Waals surface area contributed by atoms with Gasteiger partial charge in [-0.05, 0) is 33.6 Å². The number of alkyl halides is 3. The van der Waals surface area contributed by atoms with Crippen molar-refractivity contribution in [2.75, 3.05) is 25.0 Å². The van der Waals surface area contributed by atoms with Crippen molar-refractivity contribution in [3.05, 3.63) is 57.3 Å². The number of rotatable bonds is 4. The minimum absolute atomic E-state index is 0.0483. The Balaban J connectivity index is 1.68. The number of nitrogens with two attached hydrogens (primary N) is 1. The van der Waals surface area contributed by atoms with Crippen LogP contribution < -0.4 is 11.1 Å². The van der Waals surface area contributed by atoms with Crippen LogP contribution in [0.1, 0.15) is 11.3 Å². The molecule has 12 heteroatoms. The van der Waals surface area contributed by atoms with Gasteiger partial charge in [-0.2, -0.15) is 22.8 Å². The minimum atomic E-state index is -4.61. The number of nitrogens with zero attached hydrogens (tertiary/aromatic N) is 4. The number of primary amides is 1. The summed E-state index contributed by atoms with van der Waals surface area (Å²) >= 11 is 9.14. The van der Waals surface area contributed by atoms with Gasteiger partial charge in [-0.25, -0.2) is 9.78 Å². The molecule has 4 rings (SSSR count). The van der Waals surface area contributed by atoms with Gasteiger partial charge in [-0.15, -0.1) is 0 Å². The Hall–Kier alpha value is -2.53. The second-order valence-electron chi connectivity index (χ2n) is 7.10. The monoisotopic (exact) mass is 502 g/mol. The molecular formula is C18H15BrClF3N6O. The lowest BCUT2D eigenvalue weighted by atomic mass is 9.73. The fourth-order valence-corrected chi connectivity index (χ4v) is 4.01. The number of carbonyl (C=O) groups excluding carboxylic acids is 1. The van der Waals surface area contributed by atoms with E-state index >= 15 is 0 Å². The van der Waals surface area contributed by atoms with E-state index in [2.05, 4.69) is 31.3 Å². The first kappa shape index (κ1) is 20.7. The summed E-state index contributed by atoms with van der Waals surface area (Å²) in [5.74, 6) is 0.129. The van der Waals surface area contributed by atoms with Gasteiger partial charge in [-0.1, -0.05) is 23.7 Å². The lowest BCUT2D eigenvalue weighted by molar-refractivity contribution is -0.141. The van der Waals surface area contributed by atoms with E-state index in [1.807, 2.05) is 12.1 Å². The van der Waals surface area contributed by atoms with E-state index in [9.17, 15) is 18.0 Å². The highest BCUT2D eigenvalue weighted by Crippen LogP contribution is 2.36. The molecule has 3 N–H and O–H groups in total. The van der Waals surface area contributed by atoms with Crippen molar-refractivity contribution in [3.8, 4) is 0 Å². The molecule has 0 spiro atoms. The number of anilines is 1. The third-order valence-electron chi connectivity index (χ3n) is 5.05. The third kappa shape index (κ3) is 3.79. The van der Waals surface area contributed by atoms with Crippen molar-refractivity contribution >= 4 is 45.0 Å². The highest BCUT2D eigenvalue weighted by Gasteiger charge is 2.46. The van der Waals surface area contributed by atoms with Gasteiger partial charge in [0.2, 0.25) is 0 Å². The predicted molar refractivity (Wildman–Crippen MR) is 108 cm³/mol. The molecule has 2 aromatic heterocycles. The van der Waals surface area contributed by atoms with E-state index in [1.165, 1.54) is 15.5 Å². The van der Waals surface area contributed by atoms with E-state index in [0.717, 1.165) is 11.6 Å². The number of aromatic nitrogens is 3. The van der Waals surface area contributed by atoms with Gasteiger partial charge in [0, 0.05) is 42.2 Å². The molecule has 3 heterocycles. The largest absolute Gasteiger partial charge is 0.433 e. The van der Waals surface area contributed by atoms with Crippen molar-refractivity contribution in [1.82, 2.24) is 19.5 Å². The minimum Gasteiger partial charge on any atom is -0.369 e. The second-order valence-corrected chi connectivity index (χ2v) is 8.35. The Labute approximate surface area is 182 Å². The van der Waals surface area contributed by atoms with Crippen molar-refractivity contribution in [2.45, 2.75) is 11.6 Å². The normalized spacial score (nSPS) is 15.8. The number of halogens is 5. The molecular weight excluding hydrogens is 489 g/mol. The summed E-state index contributed by atoms with van der Waals surface area (Å²) in [6.07, 6.45) is -4.61. The lowest BCUT2D eigenvalue weighted by Gasteiger charge is -2.50. The summed E-state index contributed by atoms with van der Waals surface area (Å²) < 4.78 is 41.5. The van der Waals surface area contributed by atoms with Gasteiger partial charge < -0.3 is 16.0 Å². The summed E-state index contributed by atoms with van der Waals surface area (Å²) in [5.41, 5.74) is 4.73. The SMILES string of the molecule is NC(=O)N1CC(CNc2cc(C(F)(F)F)nc3cc(Br)nn23)(c2ccc(Cl)cc2)C1. The number of benzene rings is 1. The van der Waals surface area contributed by atoms with Crippen LogP contribution in [-0.4, -0.2) is 45.2 Å². The number of amides is 2. The molecule has 0 bridgehead atoms. The van der Waals surface area contributed by atoms with E-state index in [0.29, 0.717) is 22.7 Å². The molecule has 0 aliphatic carbocycles. The average molecular weight is 504 g/mol. The van der Waals surface area contributed by atoms with E-state index in [-0.39, 0.29) is 18.0 Å². The number of hydrogen-bond donors (Lipinski definition) is 2. The second kappa shape index (κ2) is 7.31. The fourth-order valence-electron chi connectivity index (χ4n) is 3.52. The molecule has 0 atom stereocenters. The number of hydrogen-bond acceptors (Lipinski definition) is 4. The zero-order valence-electron chi connectivity index (χ0n) is 15.2. The summed E-state index contributed by atoms with van der Waals surface area (Å²) in [6.45, 7) is 0.881. The number of carbonyl (C=O) groups is 1. The van der Waals surface area contributed by atoms with Gasteiger partial charge in [0.15, 0.2) is 11.3 Å². The molecule has 7 nitrogen and oxygen atoms in total. The highest BCUT2D eigenvalue weighted by molar-refractivity contribution is 9.10. The maximum absolute atomic E-state index is 13.3. The summed E-state index contributed by atoms with van der Waals surface area (Å²) in [4.78, 5) is 16.6. The molecule has 1 saturated heterocycles. The summed E-state index contributed by atoms with van der Waals surface area (Å²) in [7, 11) is 0. The van der Waals surface area contributed by atoms with Crippen molar-refractivity contribution in [2.24, 2.45) is 5.73 Å². The molecule has 0 unspecified atom stereocenters. The fraction of sp³-hybridized carbons (Fsp3) is 0.278. The van der Waals surface area contributed by atoms with E-state index in [1.54, 1.807) is 12.1 Å². The van der Waals surface area contributed by atoms with Crippen LogP contribution in [0.3, 0.4) is 0 Å². The van der Waals surface area contributed by atoms with E-state index in [4.69, 9.17) is 17.3 Å². The Bertz CT molecular complexity index is 1110. The zero-order chi connectivity index (χ0) is 21.7. The van der Waals surface area contributed by atoms with Crippen LogP contribution in [-0.2, 0) is 11.6 Å². The van der Waals surface area contributed by atoms with Crippen LogP contribution in [0.4, 0.5) is 23.8 Å². The topological polar surface area (TPSA) is 88.5 Å². The lowest BCUT2D eigenvalue weighted by Crippen LogP contribution is -2.65. The van der Waals surface area contributed by atoms with Gasteiger partial charge in [0.25, 0.3) is 0 Å². The first-order valence-electron chi connectivity index (χ1n) is 8.75. The van der Waals surface area contributed by atoms with Crippen molar-refractivity contribution in [1.29, 1.82) is 0 Å². The number of nitrogens with one attached hydrogen (secondary N) is 1. The average Bonchev–Trinajstić information content (AvgIpc) is 3.01. The van der Waals surface area contributed by atoms with Crippen LogP contribution >= 0.6 is 27.5 Å². The molecule has 2 amide bonds. The Morgan fingerprint density at radius 2 is 1.93 bits per heavy atom. The van der Waals surface area contributed by atoms with E-state index < -0.39 is 23.3 Å². The van der Waals surface area contributed by atoms with Gasteiger partial charge in [0.05, 0.1) is 0 Å². The van der Waals surface area contributed by atoms with Gasteiger partial charge in [0.1, 0.15) is 10.4 Å². The Kier molecular flexibility index (Phi) is 5.05. The first-order chi connectivity index (χ1) is 14.1. The van der Waals surface area contributed by atoms with Crippen LogP contribution in [0.15, 0.2) is 41.0 Å². The van der Waals surface area contributed by atoms with Gasteiger partial charge >= 0.3 is 12.2 Å². The van der Waals surface area contributed by atoms with Crippen molar-refractivity contribution in [3.63, 3.8) is 0 Å². The third-order valence-corrected chi connectivity index (χ3v) is 5.69. The molecule has 0 saturated carbocycles. The molecule has 1 aliphatic rings. The van der Waals surface area contributed by atoms with Crippen LogP contribution in [0.2, 0.25) is 5.02 Å². The number of likely N-dealkylation sites (tertiary alicyclic amines) is 1. The first-order valence-corrected chi connectivity index (χ1v) is 9.92. The van der Waals surface area contributed by atoms with Crippen LogP contribution in [0, 0.1) is 0 Å². The smallest absolute Gasteiger partial charge is 0.369 e. The van der Waals surface area contributed by atoms with Crippen molar-refractivity contribution < 1.29 is 18.0 Å². The quantitative estimate of drug-likeness (QED) is 0.565. The molecule has 158 valence electrons. The molecule has 0 radical (unpaired) electrons. The molecule has 3 aromatic rings. The maximum atomic E-state index is 13.3. The van der Waals surface area contributed by atoms with Gasteiger partial charge in [-0.3, -0.25) is 0 Å². The molecule has 30 heavy (non-hydrogen) atoms. The van der Waals surface area contributed by atoms with Crippen LogP contribution in [0.25, 0.3) is 5.65 Å². The Morgan fingerprint density at radius 3 is 2.53 bits per heavy atom. The molecule has 1 aliphatic heterocycles. The zero-order valence-corrected chi connectivity index (χ0v) is 17.6. The number of urea groups is 1.